The fourth-order valence-electron chi connectivity index (χ4n) is 3.50. The van der Waals surface area contributed by atoms with Gasteiger partial charge in [0, 0.05) is 0 Å². The second kappa shape index (κ2) is 23.5. The Hall–Kier alpha value is -0.530. The van der Waals surface area contributed by atoms with Gasteiger partial charge in [-0.2, -0.15) is 0 Å². The number of rotatable bonds is 22. The molecule has 1 radical (unpaired) electrons. The Kier molecular flexibility index (Phi) is 23.0. The number of ether oxygens (including phenoxy) is 1. The van der Waals surface area contributed by atoms with E-state index >= 15 is 0 Å². The third kappa shape index (κ3) is 23.4. The summed E-state index contributed by atoms with van der Waals surface area (Å²) < 4.78 is 5.25. The predicted octanol–water partition coefficient (Wildman–Crippen LogP) is 8.58. The van der Waals surface area contributed by atoms with Gasteiger partial charge in [-0.05, 0) is 12.8 Å². The highest BCUT2D eigenvalue weighted by molar-refractivity contribution is 5.78. The van der Waals surface area contributed by atoms with Crippen molar-refractivity contribution in [3.63, 3.8) is 0 Å². The molecule has 0 saturated carbocycles. The molecule has 2 nitrogen and oxygen atoms in total. The highest BCUT2D eigenvalue weighted by Gasteiger charge is 2.02. The molecule has 0 atom stereocenters. The lowest BCUT2D eigenvalue weighted by atomic mass is 10.0. The molecule has 2 heteroatoms. The van der Waals surface area contributed by atoms with Gasteiger partial charge in [-0.1, -0.05) is 129 Å². The van der Waals surface area contributed by atoms with Crippen LogP contribution in [0.1, 0.15) is 142 Å². The Morgan fingerprint density at radius 3 is 1.37 bits per heavy atom. The second-order valence-corrected chi connectivity index (χ2v) is 8.17. The van der Waals surface area contributed by atoms with Gasteiger partial charge >= 0.3 is 5.97 Å². The van der Waals surface area contributed by atoms with Crippen LogP contribution < -0.4 is 0 Å². The zero-order valence-electron chi connectivity index (χ0n) is 18.7. The fraction of sp³-hybridized carbons (Fsp3) is 0.920. The first-order chi connectivity index (χ1) is 13.3. The van der Waals surface area contributed by atoms with Crippen LogP contribution in [0.3, 0.4) is 0 Å². The third-order valence-electron chi connectivity index (χ3n) is 5.36. The van der Waals surface area contributed by atoms with Crippen LogP contribution in [0.2, 0.25) is 0 Å². The van der Waals surface area contributed by atoms with E-state index in [1.807, 2.05) is 0 Å². The van der Waals surface area contributed by atoms with Crippen molar-refractivity contribution in [2.24, 2.45) is 0 Å². The average Bonchev–Trinajstić information content (AvgIpc) is 2.67. The first kappa shape index (κ1) is 26.5. The van der Waals surface area contributed by atoms with Crippen LogP contribution in [0.4, 0.5) is 0 Å². The molecule has 0 saturated heterocycles. The summed E-state index contributed by atoms with van der Waals surface area (Å²) in [7, 11) is 0. The van der Waals surface area contributed by atoms with Gasteiger partial charge in [0.15, 0.2) is 0 Å². The highest BCUT2D eigenvalue weighted by Crippen LogP contribution is 2.13. The van der Waals surface area contributed by atoms with Crippen LogP contribution in [0.15, 0.2) is 0 Å². The first-order valence-electron chi connectivity index (χ1n) is 12.3. The van der Waals surface area contributed by atoms with Crippen molar-refractivity contribution >= 4 is 5.97 Å². The van der Waals surface area contributed by atoms with Crippen LogP contribution in [-0.4, -0.2) is 12.6 Å². The van der Waals surface area contributed by atoms with E-state index < -0.39 is 0 Å². The molecule has 0 fully saturated rings. The normalized spacial score (nSPS) is 11.0. The number of carbonyl (C=O) groups excluding carboxylic acids is 1. The molecule has 0 aromatic heterocycles. The molecule has 0 aliphatic carbocycles. The Bertz CT molecular complexity index is 288. The lowest BCUT2D eigenvalue weighted by Crippen LogP contribution is -2.06. The number of hydrogen-bond donors (Lipinski definition) is 0. The number of unbranched alkanes of at least 4 members (excludes halogenated alkanes) is 18. The van der Waals surface area contributed by atoms with Crippen LogP contribution in [0, 0.1) is 6.42 Å². The summed E-state index contributed by atoms with van der Waals surface area (Å²) in [6, 6.07) is 0. The first-order valence-corrected chi connectivity index (χ1v) is 12.3. The van der Waals surface area contributed by atoms with E-state index in [1.165, 1.54) is 109 Å². The molecule has 0 bridgehead atoms. The molecule has 0 rings (SSSR count). The van der Waals surface area contributed by atoms with Gasteiger partial charge < -0.3 is 4.74 Å². The molecule has 0 aromatic carbocycles. The van der Waals surface area contributed by atoms with Crippen LogP contribution in [-0.2, 0) is 9.53 Å². The monoisotopic (exact) mass is 381 g/mol. The fourth-order valence-corrected chi connectivity index (χ4v) is 3.50. The summed E-state index contributed by atoms with van der Waals surface area (Å²) in [5, 5.41) is 0. The van der Waals surface area contributed by atoms with Gasteiger partial charge in [0.25, 0.3) is 0 Å². The summed E-state index contributed by atoms with van der Waals surface area (Å²) in [6.07, 6.45) is 28.0. The van der Waals surface area contributed by atoms with Gasteiger partial charge in [0.05, 0.1) is 13.0 Å². The largest absolute Gasteiger partial charge is 0.465 e. The van der Waals surface area contributed by atoms with E-state index in [4.69, 9.17) is 4.74 Å². The van der Waals surface area contributed by atoms with E-state index in [-0.39, 0.29) is 5.97 Å². The van der Waals surface area contributed by atoms with Crippen molar-refractivity contribution in [1.82, 2.24) is 0 Å². The van der Waals surface area contributed by atoms with Gasteiger partial charge in [0.2, 0.25) is 0 Å². The summed E-state index contributed by atoms with van der Waals surface area (Å²) in [5.74, 6) is -0.118. The minimum absolute atomic E-state index is 0.118. The summed E-state index contributed by atoms with van der Waals surface area (Å²) in [6.45, 7) is 5.06. The second-order valence-electron chi connectivity index (χ2n) is 8.17. The summed E-state index contributed by atoms with van der Waals surface area (Å²) >= 11 is 0. The van der Waals surface area contributed by atoms with Crippen molar-refractivity contribution in [3.05, 3.63) is 6.42 Å². The molecule has 0 amide bonds. The minimum atomic E-state index is -0.118. The molecule has 161 valence electrons. The summed E-state index contributed by atoms with van der Waals surface area (Å²) in [4.78, 5) is 11.5. The van der Waals surface area contributed by atoms with E-state index in [0.29, 0.717) is 6.61 Å². The molecular weight excluding hydrogens is 332 g/mol. The maximum Gasteiger partial charge on any atom is 0.309 e. The van der Waals surface area contributed by atoms with Gasteiger partial charge in [-0.25, -0.2) is 0 Å². The molecular formula is C25H49O2. The quantitative estimate of drug-likeness (QED) is 0.139. The van der Waals surface area contributed by atoms with Crippen LogP contribution in [0.25, 0.3) is 0 Å². The van der Waals surface area contributed by atoms with Crippen molar-refractivity contribution in [3.8, 4) is 0 Å². The molecule has 0 aromatic rings. The minimum Gasteiger partial charge on any atom is -0.465 e. The zero-order valence-corrected chi connectivity index (χ0v) is 18.7. The SMILES string of the molecule is CCCCC[CH]C(=O)OCCCCCCCCCCCCCCCCCC. The number of esters is 1. The predicted molar refractivity (Wildman–Crippen MR) is 119 cm³/mol. The van der Waals surface area contributed by atoms with Gasteiger partial charge in [-0.3, -0.25) is 4.79 Å². The number of hydrogen-bond acceptors (Lipinski definition) is 2. The third-order valence-corrected chi connectivity index (χ3v) is 5.36. The molecule has 0 N–H and O–H groups in total. The van der Waals surface area contributed by atoms with E-state index in [2.05, 4.69) is 13.8 Å². The van der Waals surface area contributed by atoms with Gasteiger partial charge in [0.1, 0.15) is 0 Å². The summed E-state index contributed by atoms with van der Waals surface area (Å²) in [5.41, 5.74) is 0. The average molecular weight is 382 g/mol. The molecule has 0 aliphatic heterocycles. The molecule has 27 heavy (non-hydrogen) atoms. The smallest absolute Gasteiger partial charge is 0.309 e. The maximum atomic E-state index is 11.5. The van der Waals surface area contributed by atoms with Crippen LogP contribution >= 0.6 is 0 Å². The molecule has 0 unspecified atom stereocenters. The van der Waals surface area contributed by atoms with E-state index in [1.54, 1.807) is 6.42 Å². The molecule has 0 aliphatic rings. The highest BCUT2D eigenvalue weighted by atomic mass is 16.5. The Labute approximate surface area is 171 Å². The molecule has 0 heterocycles. The zero-order chi connectivity index (χ0) is 19.8. The Morgan fingerprint density at radius 2 is 0.926 bits per heavy atom. The Balaban J connectivity index is 3.07. The Morgan fingerprint density at radius 1 is 0.556 bits per heavy atom. The van der Waals surface area contributed by atoms with Crippen molar-refractivity contribution in [2.45, 2.75) is 142 Å². The number of carbonyl (C=O) groups is 1. The van der Waals surface area contributed by atoms with Gasteiger partial charge in [-0.15, -0.1) is 0 Å². The van der Waals surface area contributed by atoms with Crippen molar-refractivity contribution in [2.75, 3.05) is 6.61 Å². The molecule has 0 spiro atoms. The maximum absolute atomic E-state index is 11.5. The van der Waals surface area contributed by atoms with Crippen LogP contribution in [0.5, 0.6) is 0 Å². The topological polar surface area (TPSA) is 26.3 Å². The van der Waals surface area contributed by atoms with E-state index in [9.17, 15) is 4.79 Å². The lowest BCUT2D eigenvalue weighted by molar-refractivity contribution is -0.139. The van der Waals surface area contributed by atoms with Crippen molar-refractivity contribution < 1.29 is 9.53 Å². The standard InChI is InChI=1S/C25H49O2/c1-3-5-7-9-10-11-12-13-14-15-16-17-18-19-20-22-24-27-25(26)23-21-8-6-4-2/h23H,3-22,24H2,1-2H3. The van der Waals surface area contributed by atoms with Crippen molar-refractivity contribution in [1.29, 1.82) is 0 Å². The lowest BCUT2D eigenvalue weighted by Gasteiger charge is -2.05. The van der Waals surface area contributed by atoms with E-state index in [0.717, 1.165) is 19.3 Å².